The molecule has 0 aliphatic rings. The average molecular weight is 623 g/mol. The summed E-state index contributed by atoms with van der Waals surface area (Å²) >= 11 is 0. The third-order valence-corrected chi connectivity index (χ3v) is 7.09. The van der Waals surface area contributed by atoms with Gasteiger partial charge in [0.1, 0.15) is 17.5 Å². The highest BCUT2D eigenvalue weighted by Gasteiger charge is 2.18. The minimum Gasteiger partial charge on any atom is -0.372 e. The highest BCUT2D eigenvalue weighted by atomic mass is 19.1. The Bertz CT molecular complexity index is 1330. The number of benzene rings is 1. The Morgan fingerprint density at radius 1 is 1.02 bits per heavy atom. The molecule has 0 aliphatic carbocycles. The topological polar surface area (TPSA) is 73.4 Å². The van der Waals surface area contributed by atoms with Gasteiger partial charge in [-0.15, -0.1) is 0 Å². The van der Waals surface area contributed by atoms with Crippen LogP contribution in [0.25, 0.3) is 23.0 Å². The molecule has 1 amide bonds. The third-order valence-electron chi connectivity index (χ3n) is 7.09. The lowest BCUT2D eigenvalue weighted by Crippen LogP contribution is -2.25. The van der Waals surface area contributed by atoms with Crippen LogP contribution in [0.5, 0.6) is 0 Å². The van der Waals surface area contributed by atoms with Crippen molar-refractivity contribution in [2.45, 2.75) is 61.3 Å². The summed E-state index contributed by atoms with van der Waals surface area (Å²) in [6, 6.07) is 6.10. The predicted octanol–water partition coefficient (Wildman–Crippen LogP) is 8.80. The maximum Gasteiger partial charge on any atom is 0.225 e. The van der Waals surface area contributed by atoms with Gasteiger partial charge in [0.15, 0.2) is 0 Å². The van der Waals surface area contributed by atoms with Gasteiger partial charge in [-0.2, -0.15) is 4.98 Å². The summed E-state index contributed by atoms with van der Waals surface area (Å²) in [5, 5.41) is 6.02. The quantitative estimate of drug-likeness (QED) is 0.0927. The van der Waals surface area contributed by atoms with Crippen molar-refractivity contribution >= 4 is 29.9 Å². The fourth-order valence-corrected chi connectivity index (χ4v) is 4.58. The molecule has 1 aromatic heterocycles. The summed E-state index contributed by atoms with van der Waals surface area (Å²) in [7, 11) is 0. The fourth-order valence-electron chi connectivity index (χ4n) is 4.58. The molecule has 0 saturated carbocycles. The first-order valence-corrected chi connectivity index (χ1v) is 15.9. The molecular weight excluding hydrogens is 570 g/mol. The highest BCUT2D eigenvalue weighted by Crippen LogP contribution is 2.34. The molecular formula is C36H52F2N6O. The lowest BCUT2D eigenvalue weighted by Gasteiger charge is -2.24. The lowest BCUT2D eigenvalue weighted by molar-refractivity contribution is -0.105. The molecule has 0 atom stereocenters. The van der Waals surface area contributed by atoms with Crippen LogP contribution in [0.15, 0.2) is 67.3 Å². The van der Waals surface area contributed by atoms with Gasteiger partial charge in [0.25, 0.3) is 0 Å². The second kappa shape index (κ2) is 21.6. The normalized spacial score (nSPS) is 11.5. The van der Waals surface area contributed by atoms with Crippen LogP contribution in [0.4, 0.5) is 20.5 Å². The molecule has 9 heteroatoms. The van der Waals surface area contributed by atoms with Crippen molar-refractivity contribution in [3.63, 3.8) is 0 Å². The molecule has 0 spiro atoms. The third kappa shape index (κ3) is 12.8. The van der Waals surface area contributed by atoms with Gasteiger partial charge < -0.3 is 20.4 Å². The Balaban J connectivity index is 0.00000496. The summed E-state index contributed by atoms with van der Waals surface area (Å²) in [6.07, 6.45) is 8.24. The van der Waals surface area contributed by atoms with Crippen LogP contribution < -0.4 is 10.6 Å². The van der Waals surface area contributed by atoms with E-state index in [0.717, 1.165) is 67.6 Å². The van der Waals surface area contributed by atoms with Crippen molar-refractivity contribution in [3.8, 4) is 11.3 Å². The van der Waals surface area contributed by atoms with Gasteiger partial charge in [0, 0.05) is 42.9 Å². The van der Waals surface area contributed by atoms with E-state index in [2.05, 4.69) is 66.3 Å². The molecule has 0 unspecified atom stereocenters. The van der Waals surface area contributed by atoms with Crippen molar-refractivity contribution in [2.75, 3.05) is 49.9 Å². The maximum absolute atomic E-state index is 14.4. The van der Waals surface area contributed by atoms with Gasteiger partial charge in [0.2, 0.25) is 12.4 Å². The molecule has 0 radical (unpaired) electrons. The van der Waals surface area contributed by atoms with Crippen LogP contribution in [-0.4, -0.2) is 65.4 Å². The van der Waals surface area contributed by atoms with Crippen molar-refractivity contribution in [3.05, 3.63) is 84.0 Å². The van der Waals surface area contributed by atoms with Gasteiger partial charge in [-0.05, 0) is 76.2 Å². The molecule has 0 fully saturated rings. The summed E-state index contributed by atoms with van der Waals surface area (Å²) in [6.45, 7) is 27.1. The number of nitrogens with one attached hydrogen (secondary N) is 2. The predicted molar refractivity (Wildman–Crippen MR) is 188 cm³/mol. The SMILES string of the molecule is C=C(F)/C=C\C=C(\F)C/C=C\c1c(NC=O)nc(NCCCN(CC)CC)nc1-c1cc(C(=C)N(CC)CC)ccc1C.CC. The van der Waals surface area contributed by atoms with E-state index in [-0.39, 0.29) is 6.42 Å². The molecule has 1 aromatic carbocycles. The first-order valence-electron chi connectivity index (χ1n) is 15.9. The number of rotatable bonds is 19. The number of aromatic nitrogens is 2. The highest BCUT2D eigenvalue weighted by molar-refractivity contribution is 5.86. The van der Waals surface area contributed by atoms with E-state index in [1.54, 1.807) is 12.2 Å². The van der Waals surface area contributed by atoms with Crippen LogP contribution in [0, 0.1) is 6.92 Å². The molecule has 2 aromatic rings. The molecule has 246 valence electrons. The van der Waals surface area contributed by atoms with Crippen LogP contribution >= 0.6 is 0 Å². The number of nitrogens with zero attached hydrogens (tertiary/aromatic N) is 4. The van der Waals surface area contributed by atoms with E-state index < -0.39 is 11.7 Å². The molecule has 0 bridgehead atoms. The number of anilines is 2. The fraction of sp³-hybridized carbons (Fsp3) is 0.417. The van der Waals surface area contributed by atoms with E-state index in [1.165, 1.54) is 12.2 Å². The number of hydrogen-bond donors (Lipinski definition) is 2. The smallest absolute Gasteiger partial charge is 0.225 e. The van der Waals surface area contributed by atoms with Crippen molar-refractivity contribution in [1.82, 2.24) is 19.8 Å². The van der Waals surface area contributed by atoms with Gasteiger partial charge in [-0.25, -0.2) is 13.8 Å². The standard InChI is InChI=1S/C34H46F2N6O.C2H6/c1-8-41(9-2)22-14-21-37-34-39-32(31-23-28(20-19-25(31)5)27(7)42(10-3)11-4)30(33(40-34)38-24-43)18-13-17-29(36)16-12-15-26(6)35;1-2/h12-13,15-16,18-20,23-24H,6-11,14,17,21-22H2,1-5H3,(H2,37,38,39,40,43);1-2H3/b15-12-,18-13-,29-16+;. The van der Waals surface area contributed by atoms with Crippen LogP contribution in [0.1, 0.15) is 71.1 Å². The number of carbonyl (C=O) groups excluding carboxylic acids is 1. The van der Waals surface area contributed by atoms with Gasteiger partial charge in [-0.3, -0.25) is 4.79 Å². The molecule has 2 rings (SSSR count). The lowest BCUT2D eigenvalue weighted by atomic mass is 9.97. The molecule has 0 aliphatic heterocycles. The minimum absolute atomic E-state index is 0.0494. The van der Waals surface area contributed by atoms with E-state index in [1.807, 2.05) is 39.0 Å². The Kier molecular flexibility index (Phi) is 18.7. The van der Waals surface area contributed by atoms with Gasteiger partial charge in [-0.1, -0.05) is 71.2 Å². The second-order valence-corrected chi connectivity index (χ2v) is 9.90. The molecule has 2 N–H and O–H groups in total. The summed E-state index contributed by atoms with van der Waals surface area (Å²) in [4.78, 5) is 25.7. The monoisotopic (exact) mass is 622 g/mol. The van der Waals surface area contributed by atoms with Crippen LogP contribution in [0.3, 0.4) is 0 Å². The van der Waals surface area contributed by atoms with Gasteiger partial charge in [0.05, 0.1) is 5.69 Å². The number of aryl methyl sites for hydroxylation is 1. The van der Waals surface area contributed by atoms with Crippen LogP contribution in [-0.2, 0) is 4.79 Å². The van der Waals surface area contributed by atoms with E-state index in [9.17, 15) is 13.6 Å². The Hall–Kier alpha value is -4.11. The van der Waals surface area contributed by atoms with E-state index >= 15 is 0 Å². The molecule has 45 heavy (non-hydrogen) atoms. The van der Waals surface area contributed by atoms with Crippen molar-refractivity contribution < 1.29 is 13.6 Å². The molecule has 0 saturated heterocycles. The molecule has 7 nitrogen and oxygen atoms in total. The number of amides is 1. The summed E-state index contributed by atoms with van der Waals surface area (Å²) in [5.74, 6) is -0.450. The van der Waals surface area contributed by atoms with E-state index in [0.29, 0.717) is 36.0 Å². The maximum atomic E-state index is 14.4. The van der Waals surface area contributed by atoms with Crippen molar-refractivity contribution in [1.29, 1.82) is 0 Å². The zero-order valence-electron chi connectivity index (χ0n) is 28.2. The number of hydrogen-bond acceptors (Lipinski definition) is 6. The Morgan fingerprint density at radius 3 is 2.31 bits per heavy atom. The number of carbonyl (C=O) groups is 1. The van der Waals surface area contributed by atoms with E-state index in [4.69, 9.17) is 4.98 Å². The zero-order valence-corrected chi connectivity index (χ0v) is 28.2. The number of allylic oxidation sites excluding steroid dienone is 6. The van der Waals surface area contributed by atoms with Crippen molar-refractivity contribution in [2.24, 2.45) is 0 Å². The summed E-state index contributed by atoms with van der Waals surface area (Å²) in [5.41, 5.74) is 4.79. The number of halogens is 2. The summed E-state index contributed by atoms with van der Waals surface area (Å²) < 4.78 is 27.2. The largest absolute Gasteiger partial charge is 0.372 e. The minimum atomic E-state index is -0.658. The van der Waals surface area contributed by atoms with Gasteiger partial charge >= 0.3 is 0 Å². The molecule has 1 heterocycles. The Labute approximate surface area is 269 Å². The Morgan fingerprint density at radius 2 is 1.71 bits per heavy atom. The second-order valence-electron chi connectivity index (χ2n) is 9.90. The first-order chi connectivity index (χ1) is 21.7. The zero-order chi connectivity index (χ0) is 33.8. The van der Waals surface area contributed by atoms with Crippen LogP contribution in [0.2, 0.25) is 0 Å². The average Bonchev–Trinajstić information content (AvgIpc) is 3.03. The first kappa shape index (κ1) is 38.9.